The number of anilines is 1. The molecule has 1 aliphatic heterocycles. The number of hydrogen-bond donors (Lipinski definition) is 3. The van der Waals surface area contributed by atoms with Crippen LogP contribution in [-0.4, -0.2) is 24.4 Å². The van der Waals surface area contributed by atoms with Crippen LogP contribution in [0.1, 0.15) is 59.3 Å². The van der Waals surface area contributed by atoms with E-state index in [9.17, 15) is 9.59 Å². The van der Waals surface area contributed by atoms with E-state index in [2.05, 4.69) is 40.2 Å². The zero-order valence-corrected chi connectivity index (χ0v) is 19.0. The van der Waals surface area contributed by atoms with Crippen molar-refractivity contribution >= 4 is 28.3 Å². The molecule has 1 saturated heterocycles. The highest BCUT2D eigenvalue weighted by molar-refractivity contribution is 6.02. The number of carbonyl (C=O) groups is 2. The fourth-order valence-corrected chi connectivity index (χ4v) is 4.60. The SMILES string of the molecule is Cc1ccc(NC(=O)[C@@H]2CCCCN2)c(C)c1C(=O)N[C@H](C)c1cccc2ccccc12. The first-order valence-electron chi connectivity index (χ1n) is 11.4. The molecule has 0 spiro atoms. The lowest BCUT2D eigenvalue weighted by molar-refractivity contribution is -0.118. The zero-order valence-electron chi connectivity index (χ0n) is 19.0. The first-order valence-corrected chi connectivity index (χ1v) is 11.4. The van der Waals surface area contributed by atoms with Crippen LogP contribution in [0.4, 0.5) is 5.69 Å². The summed E-state index contributed by atoms with van der Waals surface area (Å²) in [5, 5.41) is 11.8. The summed E-state index contributed by atoms with van der Waals surface area (Å²) < 4.78 is 0. The molecule has 166 valence electrons. The van der Waals surface area contributed by atoms with Crippen LogP contribution in [-0.2, 0) is 4.79 Å². The second-order valence-corrected chi connectivity index (χ2v) is 8.69. The smallest absolute Gasteiger partial charge is 0.252 e. The Hall–Kier alpha value is -3.18. The fraction of sp³-hybridized carbons (Fsp3) is 0.333. The Balaban J connectivity index is 1.55. The zero-order chi connectivity index (χ0) is 22.7. The Morgan fingerprint density at radius 2 is 1.78 bits per heavy atom. The summed E-state index contributed by atoms with van der Waals surface area (Å²) in [5.41, 5.74) is 4.07. The molecule has 4 rings (SSSR count). The molecule has 1 heterocycles. The predicted molar refractivity (Wildman–Crippen MR) is 130 cm³/mol. The molecule has 1 aliphatic rings. The van der Waals surface area contributed by atoms with E-state index in [1.54, 1.807) is 0 Å². The lowest BCUT2D eigenvalue weighted by Crippen LogP contribution is -2.43. The van der Waals surface area contributed by atoms with Crippen LogP contribution < -0.4 is 16.0 Å². The van der Waals surface area contributed by atoms with Gasteiger partial charge in [-0.3, -0.25) is 9.59 Å². The molecule has 32 heavy (non-hydrogen) atoms. The average Bonchev–Trinajstić information content (AvgIpc) is 2.81. The monoisotopic (exact) mass is 429 g/mol. The summed E-state index contributed by atoms with van der Waals surface area (Å²) in [6.07, 6.45) is 3.00. The first kappa shape index (κ1) is 22.0. The number of nitrogens with one attached hydrogen (secondary N) is 3. The molecule has 3 aromatic rings. The molecule has 2 atom stereocenters. The van der Waals surface area contributed by atoms with Gasteiger partial charge in [0.25, 0.3) is 5.91 Å². The summed E-state index contributed by atoms with van der Waals surface area (Å²) in [6.45, 7) is 6.70. The number of amides is 2. The topological polar surface area (TPSA) is 70.2 Å². The molecule has 0 aliphatic carbocycles. The summed E-state index contributed by atoms with van der Waals surface area (Å²) in [7, 11) is 0. The van der Waals surface area contributed by atoms with Crippen molar-refractivity contribution < 1.29 is 9.59 Å². The van der Waals surface area contributed by atoms with Crippen LogP contribution in [0.5, 0.6) is 0 Å². The fourth-order valence-electron chi connectivity index (χ4n) is 4.60. The van der Waals surface area contributed by atoms with Gasteiger partial charge in [-0.15, -0.1) is 0 Å². The van der Waals surface area contributed by atoms with E-state index >= 15 is 0 Å². The number of benzene rings is 3. The van der Waals surface area contributed by atoms with Gasteiger partial charge in [-0.05, 0) is 73.7 Å². The van der Waals surface area contributed by atoms with Crippen LogP contribution >= 0.6 is 0 Å². The van der Waals surface area contributed by atoms with Crippen molar-refractivity contribution in [2.24, 2.45) is 0 Å². The van der Waals surface area contributed by atoms with Crippen molar-refractivity contribution in [1.29, 1.82) is 0 Å². The molecule has 0 aromatic heterocycles. The average molecular weight is 430 g/mol. The standard InChI is InChI=1S/C27H31N3O2/c1-17-14-15-23(30-26(31)24-13-6-7-16-28-24)18(2)25(17)27(32)29-19(3)21-12-8-10-20-9-4-5-11-22(20)21/h4-5,8-12,14-15,19,24,28H,6-7,13,16H2,1-3H3,(H,29,32)(H,30,31)/t19-,24+/m1/s1. The molecule has 0 unspecified atom stereocenters. The van der Waals surface area contributed by atoms with E-state index < -0.39 is 0 Å². The van der Waals surface area contributed by atoms with Gasteiger partial charge >= 0.3 is 0 Å². The predicted octanol–water partition coefficient (Wildman–Crippen LogP) is 5.03. The maximum Gasteiger partial charge on any atom is 0.252 e. The second kappa shape index (κ2) is 9.53. The van der Waals surface area contributed by atoms with E-state index in [0.717, 1.165) is 53.3 Å². The van der Waals surface area contributed by atoms with E-state index in [-0.39, 0.29) is 23.9 Å². The van der Waals surface area contributed by atoms with Crippen LogP contribution in [0, 0.1) is 13.8 Å². The minimum atomic E-state index is -0.173. The van der Waals surface area contributed by atoms with Crippen LogP contribution in [0.2, 0.25) is 0 Å². The van der Waals surface area contributed by atoms with Crippen molar-refractivity contribution in [2.45, 2.75) is 52.1 Å². The maximum absolute atomic E-state index is 13.3. The molecular formula is C27H31N3O2. The largest absolute Gasteiger partial charge is 0.345 e. The van der Waals surface area contributed by atoms with Gasteiger partial charge in [0.2, 0.25) is 5.91 Å². The molecule has 5 heteroatoms. The Labute approximate surface area is 189 Å². The summed E-state index contributed by atoms with van der Waals surface area (Å²) in [5.74, 6) is -0.167. The highest BCUT2D eigenvalue weighted by Crippen LogP contribution is 2.27. The van der Waals surface area contributed by atoms with Crippen molar-refractivity contribution in [1.82, 2.24) is 10.6 Å². The normalized spacial score (nSPS) is 17.0. The van der Waals surface area contributed by atoms with Gasteiger partial charge in [-0.1, -0.05) is 55.0 Å². The minimum absolute atomic E-state index is 0.0351. The third-order valence-corrected chi connectivity index (χ3v) is 6.42. The molecule has 3 N–H and O–H groups in total. The van der Waals surface area contributed by atoms with E-state index in [1.807, 2.05) is 51.1 Å². The highest BCUT2D eigenvalue weighted by Gasteiger charge is 2.23. The first-order chi connectivity index (χ1) is 15.5. The van der Waals surface area contributed by atoms with Gasteiger partial charge in [0.1, 0.15) is 0 Å². The number of piperidine rings is 1. The third-order valence-electron chi connectivity index (χ3n) is 6.42. The Bertz CT molecular complexity index is 1140. The third kappa shape index (κ3) is 4.53. The number of hydrogen-bond acceptors (Lipinski definition) is 3. The van der Waals surface area contributed by atoms with E-state index in [0.29, 0.717) is 11.3 Å². The van der Waals surface area contributed by atoms with Crippen LogP contribution in [0.15, 0.2) is 54.6 Å². The van der Waals surface area contributed by atoms with E-state index in [1.165, 1.54) is 0 Å². The van der Waals surface area contributed by atoms with Crippen LogP contribution in [0.25, 0.3) is 10.8 Å². The van der Waals surface area contributed by atoms with Gasteiger partial charge in [-0.25, -0.2) is 0 Å². The number of aryl methyl sites for hydroxylation is 1. The van der Waals surface area contributed by atoms with Gasteiger partial charge < -0.3 is 16.0 Å². The van der Waals surface area contributed by atoms with Gasteiger partial charge in [-0.2, -0.15) is 0 Å². The van der Waals surface area contributed by atoms with Gasteiger partial charge in [0.05, 0.1) is 12.1 Å². The molecule has 0 saturated carbocycles. The Morgan fingerprint density at radius 1 is 1.00 bits per heavy atom. The molecule has 0 radical (unpaired) electrons. The second-order valence-electron chi connectivity index (χ2n) is 8.69. The summed E-state index contributed by atoms with van der Waals surface area (Å²) in [6, 6.07) is 17.8. The molecule has 5 nitrogen and oxygen atoms in total. The van der Waals surface area contributed by atoms with Gasteiger partial charge in [0, 0.05) is 11.3 Å². The van der Waals surface area contributed by atoms with Crippen LogP contribution in [0.3, 0.4) is 0 Å². The lowest BCUT2D eigenvalue weighted by Gasteiger charge is -2.24. The number of carbonyl (C=O) groups excluding carboxylic acids is 2. The lowest BCUT2D eigenvalue weighted by atomic mass is 9.97. The van der Waals surface area contributed by atoms with Gasteiger partial charge in [0.15, 0.2) is 0 Å². The summed E-state index contributed by atoms with van der Waals surface area (Å²) >= 11 is 0. The summed E-state index contributed by atoms with van der Waals surface area (Å²) in [4.78, 5) is 26.0. The van der Waals surface area contributed by atoms with Crippen molar-refractivity contribution in [2.75, 3.05) is 11.9 Å². The molecule has 3 aromatic carbocycles. The number of rotatable bonds is 5. The minimum Gasteiger partial charge on any atom is -0.345 e. The van der Waals surface area contributed by atoms with Crippen molar-refractivity contribution in [3.63, 3.8) is 0 Å². The van der Waals surface area contributed by atoms with E-state index in [4.69, 9.17) is 0 Å². The number of fused-ring (bicyclic) bond motifs is 1. The molecule has 2 amide bonds. The Morgan fingerprint density at radius 3 is 2.56 bits per heavy atom. The maximum atomic E-state index is 13.3. The highest BCUT2D eigenvalue weighted by atomic mass is 16.2. The molecule has 1 fully saturated rings. The molecule has 0 bridgehead atoms. The molecular weight excluding hydrogens is 398 g/mol. The Kier molecular flexibility index (Phi) is 6.56. The van der Waals surface area contributed by atoms with Crippen molar-refractivity contribution in [3.8, 4) is 0 Å². The quantitative estimate of drug-likeness (QED) is 0.533. The van der Waals surface area contributed by atoms with Crippen molar-refractivity contribution in [3.05, 3.63) is 76.9 Å².